The number of rotatable bonds is 7. The first-order chi connectivity index (χ1) is 18.6. The Bertz CT molecular complexity index is 1090. The zero-order valence-corrected chi connectivity index (χ0v) is 24.8. The average molecular weight is 601 g/mol. The van der Waals surface area contributed by atoms with Gasteiger partial charge in [0.25, 0.3) is 0 Å². The van der Waals surface area contributed by atoms with Gasteiger partial charge in [0.15, 0.2) is 0 Å². The SMILES string of the molecule is CC(=O)N1CC(COc2ccc(B3OCC(C)(C)CO3)cc2)C1.CC(=O)N1CC(COc2ccc(Br)cc2)C1. The molecule has 2 aromatic carbocycles. The van der Waals surface area contributed by atoms with Gasteiger partial charge in [-0.2, -0.15) is 0 Å². The Morgan fingerprint density at radius 3 is 1.64 bits per heavy atom. The summed E-state index contributed by atoms with van der Waals surface area (Å²) in [6.07, 6.45) is 0. The first-order valence-corrected chi connectivity index (χ1v) is 14.2. The largest absolute Gasteiger partial charge is 0.493 e. The van der Waals surface area contributed by atoms with Crippen molar-refractivity contribution in [2.45, 2.75) is 27.7 Å². The molecule has 0 aliphatic carbocycles. The van der Waals surface area contributed by atoms with Crippen molar-refractivity contribution in [1.29, 1.82) is 0 Å². The molecule has 210 valence electrons. The number of likely N-dealkylation sites (tertiary alicyclic amines) is 2. The van der Waals surface area contributed by atoms with Crippen molar-refractivity contribution < 1.29 is 28.4 Å². The predicted molar refractivity (Wildman–Crippen MR) is 154 cm³/mol. The van der Waals surface area contributed by atoms with Crippen LogP contribution in [0.25, 0.3) is 0 Å². The molecule has 8 nitrogen and oxygen atoms in total. The fraction of sp³-hybridized carbons (Fsp3) is 0.517. The highest BCUT2D eigenvalue weighted by molar-refractivity contribution is 9.10. The van der Waals surface area contributed by atoms with Gasteiger partial charge in [-0.1, -0.05) is 41.9 Å². The number of nitrogens with zero attached hydrogens (tertiary/aromatic N) is 2. The summed E-state index contributed by atoms with van der Waals surface area (Å²) in [4.78, 5) is 25.8. The van der Waals surface area contributed by atoms with E-state index in [9.17, 15) is 9.59 Å². The fourth-order valence-electron chi connectivity index (χ4n) is 4.43. The summed E-state index contributed by atoms with van der Waals surface area (Å²) in [6, 6.07) is 15.7. The van der Waals surface area contributed by atoms with E-state index >= 15 is 0 Å². The van der Waals surface area contributed by atoms with Gasteiger partial charge in [0.2, 0.25) is 11.8 Å². The van der Waals surface area contributed by atoms with Crippen molar-refractivity contribution in [3.8, 4) is 11.5 Å². The zero-order valence-electron chi connectivity index (χ0n) is 23.2. The van der Waals surface area contributed by atoms with Crippen molar-refractivity contribution in [2.75, 3.05) is 52.6 Å². The molecule has 0 N–H and O–H groups in total. The van der Waals surface area contributed by atoms with Gasteiger partial charge in [-0.25, -0.2) is 0 Å². The molecule has 3 aliphatic heterocycles. The van der Waals surface area contributed by atoms with Crippen molar-refractivity contribution in [3.63, 3.8) is 0 Å². The van der Waals surface area contributed by atoms with Gasteiger partial charge in [-0.3, -0.25) is 9.59 Å². The highest BCUT2D eigenvalue weighted by atomic mass is 79.9. The van der Waals surface area contributed by atoms with Crippen LogP contribution in [0, 0.1) is 17.3 Å². The second kappa shape index (κ2) is 13.2. The van der Waals surface area contributed by atoms with Crippen molar-refractivity contribution >= 4 is 40.3 Å². The van der Waals surface area contributed by atoms with Crippen LogP contribution in [-0.2, 0) is 18.9 Å². The van der Waals surface area contributed by atoms with E-state index in [1.54, 1.807) is 13.8 Å². The number of carbonyl (C=O) groups excluding carboxylic acids is 2. The number of amides is 2. The maximum Gasteiger partial charge on any atom is 0.493 e. The molecule has 0 bridgehead atoms. The smallest absolute Gasteiger partial charge is 0.493 e. The third-order valence-corrected chi connectivity index (χ3v) is 7.52. The van der Waals surface area contributed by atoms with Gasteiger partial charge in [0.1, 0.15) is 11.5 Å². The Morgan fingerprint density at radius 1 is 0.821 bits per heavy atom. The van der Waals surface area contributed by atoms with Crippen molar-refractivity contribution in [3.05, 3.63) is 53.0 Å². The lowest BCUT2D eigenvalue weighted by molar-refractivity contribution is -0.136. The van der Waals surface area contributed by atoms with Crippen molar-refractivity contribution in [2.24, 2.45) is 17.3 Å². The summed E-state index contributed by atoms with van der Waals surface area (Å²) in [6.45, 7) is 13.4. The van der Waals surface area contributed by atoms with Crippen LogP contribution in [0.5, 0.6) is 11.5 Å². The maximum atomic E-state index is 11.1. The quantitative estimate of drug-likeness (QED) is 0.452. The van der Waals surface area contributed by atoms with E-state index < -0.39 is 0 Å². The monoisotopic (exact) mass is 600 g/mol. The molecule has 3 aliphatic rings. The molecule has 0 radical (unpaired) electrons. The van der Waals surface area contributed by atoms with Crippen LogP contribution in [0.1, 0.15) is 27.7 Å². The van der Waals surface area contributed by atoms with E-state index in [1.165, 1.54) is 0 Å². The molecule has 10 heteroatoms. The molecule has 0 aromatic heterocycles. The minimum absolute atomic E-state index is 0.0794. The highest BCUT2D eigenvalue weighted by Gasteiger charge is 2.33. The number of ether oxygens (including phenoxy) is 2. The molecule has 3 fully saturated rings. The number of hydrogen-bond donors (Lipinski definition) is 0. The normalized spacial score (nSPS) is 18.8. The highest BCUT2D eigenvalue weighted by Crippen LogP contribution is 2.23. The molecule has 0 spiro atoms. The molecule has 2 aromatic rings. The van der Waals surface area contributed by atoms with Crippen LogP contribution in [0.2, 0.25) is 0 Å². The second-order valence-corrected chi connectivity index (χ2v) is 12.3. The third kappa shape index (κ3) is 8.72. The van der Waals surface area contributed by atoms with Crippen LogP contribution in [0.3, 0.4) is 0 Å². The summed E-state index contributed by atoms with van der Waals surface area (Å²) in [5.41, 5.74) is 1.09. The molecule has 0 saturated carbocycles. The van der Waals surface area contributed by atoms with Gasteiger partial charge in [0, 0.05) is 75.0 Å². The molecule has 0 unspecified atom stereocenters. The summed E-state index contributed by atoms with van der Waals surface area (Å²) in [7, 11) is -0.284. The molecular weight excluding hydrogens is 563 g/mol. The van der Waals surface area contributed by atoms with E-state index in [0.717, 1.165) is 47.6 Å². The molecule has 2 amide bonds. The number of benzene rings is 2. The standard InChI is InChI=1S/C17H24BNO4.C12H14BrNO2/c1-13(20)19-8-14(9-19)10-21-16-6-4-15(5-7-16)18-22-11-17(2,3)12-23-18;1-9(15)14-6-10(7-14)8-16-12-4-2-11(13)3-5-12/h4-7,14H,8-12H2,1-3H3;2-5,10H,6-8H2,1H3. The van der Waals surface area contributed by atoms with Gasteiger partial charge >= 0.3 is 7.12 Å². The van der Waals surface area contributed by atoms with Gasteiger partial charge < -0.3 is 28.6 Å². The lowest BCUT2D eigenvalue weighted by Crippen LogP contribution is -2.51. The van der Waals surface area contributed by atoms with Gasteiger partial charge in [-0.05, 0) is 41.9 Å². The summed E-state index contributed by atoms with van der Waals surface area (Å²) in [5, 5.41) is 0. The van der Waals surface area contributed by atoms with E-state index in [-0.39, 0.29) is 24.3 Å². The predicted octanol–water partition coefficient (Wildman–Crippen LogP) is 3.62. The Balaban J connectivity index is 0.000000193. The zero-order chi connectivity index (χ0) is 28.0. The average Bonchev–Trinajstić information content (AvgIpc) is 2.84. The Morgan fingerprint density at radius 2 is 1.23 bits per heavy atom. The van der Waals surface area contributed by atoms with E-state index in [1.807, 2.05) is 58.3 Å². The minimum atomic E-state index is -0.284. The van der Waals surface area contributed by atoms with Crippen molar-refractivity contribution in [1.82, 2.24) is 9.80 Å². The fourth-order valence-corrected chi connectivity index (χ4v) is 4.69. The summed E-state index contributed by atoms with van der Waals surface area (Å²) in [5.74, 6) is 2.93. The Labute approximate surface area is 240 Å². The van der Waals surface area contributed by atoms with Crippen LogP contribution in [0.4, 0.5) is 0 Å². The third-order valence-electron chi connectivity index (χ3n) is 6.99. The molecule has 3 heterocycles. The van der Waals surface area contributed by atoms with Crippen LogP contribution < -0.4 is 14.9 Å². The van der Waals surface area contributed by atoms with E-state index in [0.29, 0.717) is 38.3 Å². The Kier molecular flexibility index (Phi) is 9.96. The number of halogens is 1. The minimum Gasteiger partial charge on any atom is -0.493 e. The first kappa shape index (κ1) is 29.4. The van der Waals surface area contributed by atoms with Gasteiger partial charge in [0.05, 0.1) is 13.2 Å². The Hall–Kier alpha value is -2.56. The topological polar surface area (TPSA) is 77.5 Å². The van der Waals surface area contributed by atoms with Crippen LogP contribution in [0.15, 0.2) is 53.0 Å². The molecule has 5 rings (SSSR count). The maximum absolute atomic E-state index is 11.1. The van der Waals surface area contributed by atoms with Crippen LogP contribution in [-0.4, -0.2) is 81.3 Å². The molecule has 0 atom stereocenters. The number of carbonyl (C=O) groups is 2. The van der Waals surface area contributed by atoms with E-state index in [4.69, 9.17) is 18.8 Å². The second-order valence-electron chi connectivity index (χ2n) is 11.3. The number of hydrogen-bond acceptors (Lipinski definition) is 6. The lowest BCUT2D eigenvalue weighted by Gasteiger charge is -2.38. The van der Waals surface area contributed by atoms with Crippen LogP contribution >= 0.6 is 15.9 Å². The molecule has 39 heavy (non-hydrogen) atoms. The lowest BCUT2D eigenvalue weighted by atomic mass is 9.76. The molecular formula is C29H38BBrN2O6. The van der Waals surface area contributed by atoms with Gasteiger partial charge in [-0.15, -0.1) is 0 Å². The first-order valence-electron chi connectivity index (χ1n) is 13.4. The summed E-state index contributed by atoms with van der Waals surface area (Å²) >= 11 is 3.37. The van der Waals surface area contributed by atoms with E-state index in [2.05, 4.69) is 29.8 Å². The summed E-state index contributed by atoms with van der Waals surface area (Å²) < 4.78 is 24.0. The molecule has 3 saturated heterocycles.